The number of carbonyl (C=O) groups is 1. The van der Waals surface area contributed by atoms with Gasteiger partial charge in [0.25, 0.3) is 5.91 Å². The van der Waals surface area contributed by atoms with E-state index in [2.05, 4.69) is 20.9 Å². The smallest absolute Gasteiger partial charge is 0.397 e. The molecule has 1 atom stereocenters. The summed E-state index contributed by atoms with van der Waals surface area (Å²) in [7, 11) is 0. The van der Waals surface area contributed by atoms with E-state index < -0.39 is 24.7 Å². The lowest BCUT2D eigenvalue weighted by molar-refractivity contribution is -0.201. The van der Waals surface area contributed by atoms with E-state index in [1.807, 2.05) is 5.32 Å². The second-order valence-electron chi connectivity index (χ2n) is 3.36. The lowest BCUT2D eigenvalue weighted by Gasteiger charge is -2.15. The minimum Gasteiger partial charge on any atom is -0.397 e. The van der Waals surface area contributed by atoms with Crippen LogP contribution in [0.2, 0.25) is 0 Å². The maximum Gasteiger partial charge on any atom is 0.416 e. The third kappa shape index (κ3) is 3.84. The van der Waals surface area contributed by atoms with Crippen LogP contribution in [0.1, 0.15) is 10.5 Å². The van der Waals surface area contributed by atoms with Crippen molar-refractivity contribution in [2.24, 2.45) is 0 Å². The molecule has 0 radical (unpaired) electrons. The molecule has 0 fully saturated rings. The zero-order valence-corrected chi connectivity index (χ0v) is 10.4. The largest absolute Gasteiger partial charge is 0.416 e. The van der Waals surface area contributed by atoms with E-state index in [9.17, 15) is 18.0 Å². The van der Waals surface area contributed by atoms with Crippen molar-refractivity contribution in [2.75, 3.05) is 12.3 Å². The van der Waals surface area contributed by atoms with E-state index in [1.165, 1.54) is 12.3 Å². The number of hydrogen-bond acceptors (Lipinski definition) is 4. The van der Waals surface area contributed by atoms with Gasteiger partial charge in [-0.25, -0.2) is 4.98 Å². The number of aliphatic hydroxyl groups excluding tert-OH is 1. The van der Waals surface area contributed by atoms with Crippen molar-refractivity contribution in [3.8, 4) is 0 Å². The monoisotopic (exact) mass is 327 g/mol. The summed E-state index contributed by atoms with van der Waals surface area (Å²) in [6, 6.07) is 1.39. The SMILES string of the molecule is Nc1cc(Br)cnc1C(=O)NCC(O)C(F)(F)F. The Hall–Kier alpha value is -1.35. The third-order valence-electron chi connectivity index (χ3n) is 1.93. The maximum atomic E-state index is 12.0. The predicted octanol–water partition coefficient (Wildman–Crippen LogP) is 1.08. The van der Waals surface area contributed by atoms with Crippen LogP contribution in [0.25, 0.3) is 0 Å². The van der Waals surface area contributed by atoms with Crippen LogP contribution < -0.4 is 11.1 Å². The number of carbonyl (C=O) groups excluding carboxylic acids is 1. The van der Waals surface area contributed by atoms with Gasteiger partial charge in [-0.15, -0.1) is 0 Å². The van der Waals surface area contributed by atoms with Crippen molar-refractivity contribution < 1.29 is 23.1 Å². The maximum absolute atomic E-state index is 12.0. The first kappa shape index (κ1) is 14.7. The molecule has 0 aliphatic carbocycles. The summed E-state index contributed by atoms with van der Waals surface area (Å²) in [4.78, 5) is 15.1. The number of amides is 1. The first-order valence-corrected chi connectivity index (χ1v) is 5.45. The molecular formula is C9H9BrF3N3O2. The summed E-state index contributed by atoms with van der Waals surface area (Å²) in [6.07, 6.45) is -6.13. The van der Waals surface area contributed by atoms with Gasteiger partial charge in [0.05, 0.1) is 12.2 Å². The van der Waals surface area contributed by atoms with Crippen molar-refractivity contribution in [1.29, 1.82) is 0 Å². The van der Waals surface area contributed by atoms with Gasteiger partial charge in [0.2, 0.25) is 0 Å². The number of nitrogens with zero attached hydrogens (tertiary/aromatic N) is 1. The number of alkyl halides is 3. The fourth-order valence-electron chi connectivity index (χ4n) is 1.03. The molecule has 9 heteroatoms. The summed E-state index contributed by atoms with van der Waals surface area (Å²) in [5, 5.41) is 10.6. The van der Waals surface area contributed by atoms with E-state index in [0.29, 0.717) is 4.47 Å². The Morgan fingerprint density at radius 2 is 2.22 bits per heavy atom. The van der Waals surface area contributed by atoms with Crippen LogP contribution >= 0.6 is 15.9 Å². The molecule has 1 amide bonds. The molecular weight excluding hydrogens is 319 g/mol. The average molecular weight is 328 g/mol. The van der Waals surface area contributed by atoms with Crippen molar-refractivity contribution in [1.82, 2.24) is 10.3 Å². The summed E-state index contributed by atoms with van der Waals surface area (Å²) in [5.41, 5.74) is 5.29. The van der Waals surface area contributed by atoms with Crippen molar-refractivity contribution >= 4 is 27.5 Å². The van der Waals surface area contributed by atoms with Crippen molar-refractivity contribution in [3.05, 3.63) is 22.4 Å². The second-order valence-corrected chi connectivity index (χ2v) is 4.27. The molecule has 0 aromatic carbocycles. The van der Waals surface area contributed by atoms with Crippen molar-refractivity contribution in [2.45, 2.75) is 12.3 Å². The molecule has 0 aliphatic heterocycles. The second kappa shape index (κ2) is 5.53. The number of nitrogens with one attached hydrogen (secondary N) is 1. The topological polar surface area (TPSA) is 88.2 Å². The summed E-state index contributed by atoms with van der Waals surface area (Å²) in [5.74, 6) is -0.886. The molecule has 1 aromatic rings. The van der Waals surface area contributed by atoms with Gasteiger partial charge in [0.1, 0.15) is 0 Å². The van der Waals surface area contributed by atoms with E-state index >= 15 is 0 Å². The summed E-state index contributed by atoms with van der Waals surface area (Å²) < 4.78 is 36.5. The van der Waals surface area contributed by atoms with Gasteiger partial charge in [-0.05, 0) is 22.0 Å². The highest BCUT2D eigenvalue weighted by atomic mass is 79.9. The summed E-state index contributed by atoms with van der Waals surface area (Å²) in [6.45, 7) is -0.959. The molecule has 0 saturated carbocycles. The first-order valence-electron chi connectivity index (χ1n) is 4.66. The Labute approximate surface area is 108 Å². The standard InChI is InChI=1S/C9H9BrF3N3O2/c10-4-1-5(14)7(15-2-4)8(18)16-3-6(17)9(11,12)13/h1-2,6,17H,3,14H2,(H,16,18). The number of pyridine rings is 1. The number of aliphatic hydroxyl groups is 1. The Balaban J connectivity index is 2.66. The Morgan fingerprint density at radius 3 is 2.72 bits per heavy atom. The quantitative estimate of drug-likeness (QED) is 0.775. The van der Waals surface area contributed by atoms with Gasteiger partial charge < -0.3 is 16.2 Å². The molecule has 5 nitrogen and oxygen atoms in total. The van der Waals surface area contributed by atoms with E-state index in [0.717, 1.165) is 0 Å². The Morgan fingerprint density at radius 1 is 1.61 bits per heavy atom. The summed E-state index contributed by atoms with van der Waals surface area (Å²) >= 11 is 3.07. The minimum absolute atomic E-state index is 0.0170. The molecule has 1 aromatic heterocycles. The Kier molecular flexibility index (Phi) is 4.52. The number of nitrogen functional groups attached to an aromatic ring is 1. The van der Waals surface area contributed by atoms with Crippen LogP contribution in [-0.4, -0.2) is 34.8 Å². The molecule has 0 bridgehead atoms. The first-order chi connectivity index (χ1) is 8.21. The van der Waals surface area contributed by atoms with Crippen molar-refractivity contribution in [3.63, 3.8) is 0 Å². The molecule has 1 heterocycles. The van der Waals surface area contributed by atoms with Gasteiger partial charge in [-0.1, -0.05) is 0 Å². The minimum atomic E-state index is -4.79. The van der Waals surface area contributed by atoms with Crippen LogP contribution in [0, 0.1) is 0 Å². The van der Waals surface area contributed by atoms with Crippen LogP contribution in [0.3, 0.4) is 0 Å². The fraction of sp³-hybridized carbons (Fsp3) is 0.333. The van der Waals surface area contributed by atoms with Gasteiger partial charge in [0.15, 0.2) is 11.8 Å². The predicted molar refractivity (Wildman–Crippen MR) is 60.7 cm³/mol. The molecule has 4 N–H and O–H groups in total. The lowest BCUT2D eigenvalue weighted by atomic mass is 10.2. The highest BCUT2D eigenvalue weighted by Gasteiger charge is 2.38. The van der Waals surface area contributed by atoms with Crippen LogP contribution in [0.15, 0.2) is 16.7 Å². The van der Waals surface area contributed by atoms with Gasteiger partial charge in [-0.3, -0.25) is 4.79 Å². The third-order valence-corrected chi connectivity index (χ3v) is 2.37. The molecule has 1 rings (SSSR count). The van der Waals surface area contributed by atoms with Gasteiger partial charge in [0, 0.05) is 10.7 Å². The van der Waals surface area contributed by atoms with Crippen LogP contribution in [0.4, 0.5) is 18.9 Å². The fourth-order valence-corrected chi connectivity index (χ4v) is 1.38. The molecule has 0 aliphatic rings. The molecule has 0 spiro atoms. The molecule has 100 valence electrons. The lowest BCUT2D eigenvalue weighted by Crippen LogP contribution is -2.41. The van der Waals surface area contributed by atoms with E-state index in [1.54, 1.807) is 0 Å². The highest BCUT2D eigenvalue weighted by Crippen LogP contribution is 2.19. The van der Waals surface area contributed by atoms with Gasteiger partial charge >= 0.3 is 6.18 Å². The van der Waals surface area contributed by atoms with Gasteiger partial charge in [-0.2, -0.15) is 13.2 Å². The highest BCUT2D eigenvalue weighted by molar-refractivity contribution is 9.10. The Bertz CT molecular complexity index is 453. The molecule has 18 heavy (non-hydrogen) atoms. The van der Waals surface area contributed by atoms with Crippen LogP contribution in [0.5, 0.6) is 0 Å². The average Bonchev–Trinajstić information content (AvgIpc) is 2.24. The molecule has 1 unspecified atom stereocenters. The zero-order valence-electron chi connectivity index (χ0n) is 8.83. The number of halogens is 4. The number of aromatic nitrogens is 1. The number of rotatable bonds is 3. The zero-order chi connectivity index (χ0) is 13.9. The molecule has 0 saturated heterocycles. The van der Waals surface area contributed by atoms with E-state index in [-0.39, 0.29) is 11.4 Å². The van der Waals surface area contributed by atoms with Crippen LogP contribution in [-0.2, 0) is 0 Å². The number of anilines is 1. The van der Waals surface area contributed by atoms with E-state index in [4.69, 9.17) is 10.8 Å². The number of hydrogen-bond donors (Lipinski definition) is 3. The number of nitrogens with two attached hydrogens (primary N) is 1. The normalized spacial score (nSPS) is 13.2.